The van der Waals surface area contributed by atoms with Gasteiger partial charge in [-0.15, -0.1) is 11.3 Å². The van der Waals surface area contributed by atoms with Gasteiger partial charge in [-0.1, -0.05) is 12.1 Å². The standard InChI is InChI=1S/C19H19N5OS/c25-19(16-10-13-11-20-23-18(13)26-16)24-7-5-12(6-8-24)9-17-21-14-3-1-2-4-15(14)22-17/h1-4,10-12H,5-9H2,(H,20,23)(H,21,22). The zero-order valence-corrected chi connectivity index (χ0v) is 15.1. The minimum absolute atomic E-state index is 0.141. The number of amides is 1. The molecule has 1 saturated heterocycles. The van der Waals surface area contributed by atoms with Gasteiger partial charge in [0.1, 0.15) is 10.7 Å². The molecule has 1 aliphatic rings. The van der Waals surface area contributed by atoms with Gasteiger partial charge in [-0.25, -0.2) is 4.98 Å². The molecule has 26 heavy (non-hydrogen) atoms. The average Bonchev–Trinajstić information content (AvgIpc) is 3.35. The van der Waals surface area contributed by atoms with E-state index in [4.69, 9.17) is 0 Å². The predicted molar refractivity (Wildman–Crippen MR) is 102 cm³/mol. The van der Waals surface area contributed by atoms with Crippen molar-refractivity contribution in [1.29, 1.82) is 0 Å². The first kappa shape index (κ1) is 15.6. The lowest BCUT2D eigenvalue weighted by Gasteiger charge is -2.31. The highest BCUT2D eigenvalue weighted by atomic mass is 32.1. The Morgan fingerprint density at radius 2 is 2.12 bits per heavy atom. The highest BCUT2D eigenvalue weighted by Crippen LogP contribution is 2.27. The number of carbonyl (C=O) groups is 1. The van der Waals surface area contributed by atoms with Crippen LogP contribution in [0.5, 0.6) is 0 Å². The maximum absolute atomic E-state index is 12.7. The largest absolute Gasteiger partial charge is 0.342 e. The molecular formula is C19H19N5OS. The number of fused-ring (bicyclic) bond motifs is 2. The Morgan fingerprint density at radius 1 is 1.27 bits per heavy atom. The van der Waals surface area contributed by atoms with Gasteiger partial charge in [0.2, 0.25) is 0 Å². The number of hydrogen-bond donors (Lipinski definition) is 2. The van der Waals surface area contributed by atoms with Crippen molar-refractivity contribution >= 4 is 38.5 Å². The van der Waals surface area contributed by atoms with Crippen LogP contribution in [-0.4, -0.2) is 44.1 Å². The first-order valence-corrected chi connectivity index (χ1v) is 9.74. The van der Waals surface area contributed by atoms with Crippen LogP contribution in [0, 0.1) is 5.92 Å². The number of hydrogen-bond acceptors (Lipinski definition) is 4. The van der Waals surface area contributed by atoms with E-state index in [0.29, 0.717) is 5.92 Å². The fourth-order valence-corrected chi connectivity index (χ4v) is 4.68. The summed E-state index contributed by atoms with van der Waals surface area (Å²) in [6.45, 7) is 1.63. The highest BCUT2D eigenvalue weighted by Gasteiger charge is 2.25. The molecule has 0 aliphatic carbocycles. The highest BCUT2D eigenvalue weighted by molar-refractivity contribution is 7.20. The Labute approximate surface area is 154 Å². The van der Waals surface area contributed by atoms with E-state index < -0.39 is 0 Å². The molecule has 0 unspecified atom stereocenters. The molecule has 0 spiro atoms. The minimum atomic E-state index is 0.141. The lowest BCUT2D eigenvalue weighted by atomic mass is 9.93. The molecule has 0 radical (unpaired) electrons. The van der Waals surface area contributed by atoms with Crippen molar-refractivity contribution in [3.8, 4) is 0 Å². The maximum Gasteiger partial charge on any atom is 0.264 e. The summed E-state index contributed by atoms with van der Waals surface area (Å²) in [7, 11) is 0. The van der Waals surface area contributed by atoms with Crippen molar-refractivity contribution in [2.45, 2.75) is 19.3 Å². The number of para-hydroxylation sites is 2. The Bertz CT molecular complexity index is 1010. The van der Waals surface area contributed by atoms with Crippen molar-refractivity contribution in [3.63, 3.8) is 0 Å². The van der Waals surface area contributed by atoms with Crippen LogP contribution < -0.4 is 0 Å². The van der Waals surface area contributed by atoms with Crippen molar-refractivity contribution in [1.82, 2.24) is 25.1 Å². The molecule has 4 aromatic rings. The Hall–Kier alpha value is -2.67. The van der Waals surface area contributed by atoms with Gasteiger partial charge >= 0.3 is 0 Å². The number of aromatic nitrogens is 4. The number of H-pyrrole nitrogens is 2. The second-order valence-corrected chi connectivity index (χ2v) is 7.96. The van der Waals surface area contributed by atoms with E-state index >= 15 is 0 Å². The van der Waals surface area contributed by atoms with Gasteiger partial charge in [0.05, 0.1) is 22.1 Å². The molecule has 1 amide bonds. The third-order valence-electron chi connectivity index (χ3n) is 5.16. The molecule has 7 heteroatoms. The Morgan fingerprint density at radius 3 is 2.92 bits per heavy atom. The van der Waals surface area contributed by atoms with E-state index in [0.717, 1.165) is 64.3 Å². The molecular weight excluding hydrogens is 346 g/mol. The van der Waals surface area contributed by atoms with Gasteiger partial charge in [0.25, 0.3) is 5.91 Å². The van der Waals surface area contributed by atoms with Crippen LogP contribution in [0.3, 0.4) is 0 Å². The van der Waals surface area contributed by atoms with Crippen molar-refractivity contribution in [2.24, 2.45) is 5.92 Å². The SMILES string of the molecule is O=C(c1cc2cn[nH]c2s1)N1CCC(Cc2nc3ccccc3[nH]2)CC1. The van der Waals surface area contributed by atoms with Crippen molar-refractivity contribution in [2.75, 3.05) is 13.1 Å². The topological polar surface area (TPSA) is 77.7 Å². The fourth-order valence-electron chi connectivity index (χ4n) is 3.73. The second kappa shape index (κ2) is 6.25. The Balaban J connectivity index is 1.22. The molecule has 0 bridgehead atoms. The van der Waals surface area contributed by atoms with Crippen molar-refractivity contribution in [3.05, 3.63) is 47.2 Å². The molecule has 4 heterocycles. The summed E-state index contributed by atoms with van der Waals surface area (Å²) in [5.41, 5.74) is 2.12. The molecule has 132 valence electrons. The van der Waals surface area contributed by atoms with Crippen LogP contribution >= 0.6 is 11.3 Å². The summed E-state index contributed by atoms with van der Waals surface area (Å²) in [6, 6.07) is 10.1. The monoisotopic (exact) mass is 365 g/mol. The summed E-state index contributed by atoms with van der Waals surface area (Å²) >= 11 is 1.49. The normalized spacial score (nSPS) is 15.9. The summed E-state index contributed by atoms with van der Waals surface area (Å²) < 4.78 is 0. The minimum Gasteiger partial charge on any atom is -0.342 e. The third kappa shape index (κ3) is 2.78. The van der Waals surface area contributed by atoms with Gasteiger partial charge < -0.3 is 9.88 Å². The van der Waals surface area contributed by atoms with E-state index in [1.807, 2.05) is 29.2 Å². The molecule has 0 saturated carbocycles. The van der Waals surface area contributed by atoms with Gasteiger partial charge in [0, 0.05) is 24.9 Å². The average molecular weight is 365 g/mol. The number of likely N-dealkylation sites (tertiary alicyclic amines) is 1. The van der Waals surface area contributed by atoms with Gasteiger partial charge in [0.15, 0.2) is 0 Å². The predicted octanol–water partition coefficient (Wildman–Crippen LogP) is 3.60. The maximum atomic E-state index is 12.7. The lowest BCUT2D eigenvalue weighted by Crippen LogP contribution is -2.38. The molecule has 0 atom stereocenters. The number of thiophene rings is 1. The van der Waals surface area contributed by atoms with Crippen molar-refractivity contribution < 1.29 is 4.79 Å². The summed E-state index contributed by atoms with van der Waals surface area (Å²) in [5, 5.41) is 7.93. The molecule has 1 aliphatic heterocycles. The first-order chi connectivity index (χ1) is 12.8. The molecule has 1 fully saturated rings. The van der Waals surface area contributed by atoms with E-state index in [9.17, 15) is 4.79 Å². The zero-order chi connectivity index (χ0) is 17.5. The smallest absolute Gasteiger partial charge is 0.264 e. The summed E-state index contributed by atoms with van der Waals surface area (Å²) in [5.74, 6) is 1.76. The van der Waals surface area contributed by atoms with Crippen LogP contribution in [0.15, 0.2) is 36.5 Å². The quantitative estimate of drug-likeness (QED) is 0.582. The van der Waals surface area contributed by atoms with Gasteiger partial charge in [-0.05, 0) is 37.0 Å². The second-order valence-electron chi connectivity index (χ2n) is 6.91. The van der Waals surface area contributed by atoms with E-state index in [1.165, 1.54) is 11.3 Å². The number of nitrogens with one attached hydrogen (secondary N) is 2. The molecule has 1 aromatic carbocycles. The fraction of sp³-hybridized carbons (Fsp3) is 0.316. The van der Waals surface area contributed by atoms with Crippen LogP contribution in [0.4, 0.5) is 0 Å². The van der Waals surface area contributed by atoms with E-state index in [1.54, 1.807) is 6.20 Å². The Kier molecular flexibility index (Phi) is 3.74. The van der Waals surface area contributed by atoms with E-state index in [2.05, 4.69) is 26.2 Å². The molecule has 6 nitrogen and oxygen atoms in total. The number of benzene rings is 1. The van der Waals surface area contributed by atoms with Crippen LogP contribution in [0.1, 0.15) is 28.3 Å². The zero-order valence-electron chi connectivity index (χ0n) is 14.2. The van der Waals surface area contributed by atoms with Crippen LogP contribution in [-0.2, 0) is 6.42 Å². The number of aromatic amines is 2. The molecule has 2 N–H and O–H groups in total. The molecule has 3 aromatic heterocycles. The van der Waals surface area contributed by atoms with Gasteiger partial charge in [-0.3, -0.25) is 9.89 Å². The summed E-state index contributed by atoms with van der Waals surface area (Å²) in [4.78, 5) is 24.6. The number of carbonyl (C=O) groups excluding carboxylic acids is 1. The number of nitrogens with zero attached hydrogens (tertiary/aromatic N) is 3. The van der Waals surface area contributed by atoms with Crippen LogP contribution in [0.25, 0.3) is 21.3 Å². The number of imidazole rings is 1. The van der Waals surface area contributed by atoms with Crippen LogP contribution in [0.2, 0.25) is 0 Å². The third-order valence-corrected chi connectivity index (χ3v) is 6.21. The van der Waals surface area contributed by atoms with Gasteiger partial charge in [-0.2, -0.15) is 5.10 Å². The number of rotatable bonds is 3. The molecule has 5 rings (SSSR count). The first-order valence-electron chi connectivity index (χ1n) is 8.92. The number of piperidine rings is 1. The van der Waals surface area contributed by atoms with E-state index in [-0.39, 0.29) is 5.91 Å². The lowest BCUT2D eigenvalue weighted by molar-refractivity contribution is 0.0695. The summed E-state index contributed by atoms with van der Waals surface area (Å²) in [6.07, 6.45) is 4.76.